The number of rotatable bonds is 21. The van der Waals surface area contributed by atoms with Crippen molar-refractivity contribution in [1.82, 2.24) is 0 Å². The molecule has 9 rings (SSSR count). The summed E-state index contributed by atoms with van der Waals surface area (Å²) in [6, 6.07) is 79.8. The predicted molar refractivity (Wildman–Crippen MR) is 334 cm³/mol. The normalized spacial score (nSPS) is 11.4. The minimum absolute atomic E-state index is 0.997. The van der Waals surface area contributed by atoms with E-state index >= 15 is 0 Å². The van der Waals surface area contributed by atoms with Crippen LogP contribution in [-0.2, 0) is 0 Å². The molecule has 4 nitrogen and oxygen atoms in total. The highest BCUT2D eigenvalue weighted by Gasteiger charge is 2.15. The van der Waals surface area contributed by atoms with Gasteiger partial charge in [-0.3, -0.25) is 0 Å². The molecule has 0 aliphatic heterocycles. The van der Waals surface area contributed by atoms with Crippen molar-refractivity contribution in [3.63, 3.8) is 0 Å². The van der Waals surface area contributed by atoms with Crippen molar-refractivity contribution in [2.24, 2.45) is 0 Å². The zero-order chi connectivity index (χ0) is 52.6. The van der Waals surface area contributed by atoms with Crippen molar-refractivity contribution in [2.45, 2.75) is 41.5 Å². The fraction of sp³-hybridized carbons (Fsp3) is 0.167. The average molecular weight is 993 g/mol. The summed E-state index contributed by atoms with van der Waals surface area (Å²) in [6.07, 6.45) is 13.2. The van der Waals surface area contributed by atoms with Crippen molar-refractivity contribution in [3.8, 4) is 33.4 Å². The zero-order valence-electron chi connectivity index (χ0n) is 45.3. The molecule has 0 spiro atoms. The van der Waals surface area contributed by atoms with Gasteiger partial charge in [-0.15, -0.1) is 0 Å². The van der Waals surface area contributed by atoms with Crippen molar-refractivity contribution < 1.29 is 0 Å². The van der Waals surface area contributed by atoms with Gasteiger partial charge < -0.3 is 19.6 Å². The smallest absolute Gasteiger partial charge is 0.0462 e. The predicted octanol–water partition coefficient (Wildman–Crippen LogP) is 19.2. The van der Waals surface area contributed by atoms with Gasteiger partial charge in [0.1, 0.15) is 0 Å². The highest BCUT2D eigenvalue weighted by Crippen LogP contribution is 2.38. The summed E-state index contributed by atoms with van der Waals surface area (Å²) in [5, 5.41) is 0. The largest absolute Gasteiger partial charge is 0.372 e. The van der Waals surface area contributed by atoms with Crippen molar-refractivity contribution in [3.05, 3.63) is 252 Å². The second kappa shape index (κ2) is 25.6. The lowest BCUT2D eigenvalue weighted by atomic mass is 10.0. The Kier molecular flexibility index (Phi) is 17.6. The molecule has 380 valence electrons. The Morgan fingerprint density at radius 3 is 0.658 bits per heavy atom. The van der Waals surface area contributed by atoms with Gasteiger partial charge in [-0.1, -0.05) is 182 Å². The van der Waals surface area contributed by atoms with Crippen LogP contribution < -0.4 is 19.6 Å². The highest BCUT2D eigenvalue weighted by atomic mass is 15.1. The van der Waals surface area contributed by atoms with Crippen molar-refractivity contribution >= 4 is 70.6 Å². The molecule has 76 heavy (non-hydrogen) atoms. The summed E-state index contributed by atoms with van der Waals surface area (Å²) < 4.78 is 0. The van der Waals surface area contributed by atoms with E-state index in [2.05, 4.69) is 316 Å². The summed E-state index contributed by atoms with van der Waals surface area (Å²) in [4.78, 5) is 9.49. The molecule has 0 saturated heterocycles. The lowest BCUT2D eigenvalue weighted by molar-refractivity contribution is 0.866. The fourth-order valence-corrected chi connectivity index (χ4v) is 10.0. The first-order valence-corrected chi connectivity index (χ1v) is 27.4. The second-order valence-electron chi connectivity index (χ2n) is 19.1. The van der Waals surface area contributed by atoms with Crippen LogP contribution in [0, 0.1) is 0 Å². The zero-order valence-corrected chi connectivity index (χ0v) is 45.3. The maximum atomic E-state index is 2.38. The standard InChI is InChI=1S/C72H72N4/c1-7-73(8-2)70-19-13-16-58(52-70)25-22-55-28-34-61(35-29-55)64-40-46-67(47-41-64)76(68-48-42-65(43-49-68)62-36-30-56(31-37-62)23-26-59-17-14-20-71(53-59)74(9-3)10-4)69-50-44-66(45-51-69)63-38-32-57(33-39-63)24-27-60-18-15-21-72(54-60)75(11-5)12-6/h13-54H,7-12H2,1-6H3/b25-22+,26-23+,27-24+. The van der Waals surface area contributed by atoms with Gasteiger partial charge >= 0.3 is 0 Å². The molecule has 9 aromatic carbocycles. The van der Waals surface area contributed by atoms with E-state index in [0.717, 1.165) is 56.3 Å². The topological polar surface area (TPSA) is 13.0 Å². The molecule has 0 unspecified atom stereocenters. The fourth-order valence-electron chi connectivity index (χ4n) is 10.0. The lowest BCUT2D eigenvalue weighted by Crippen LogP contribution is -2.21. The van der Waals surface area contributed by atoms with Gasteiger partial charge in [0, 0.05) is 73.4 Å². The van der Waals surface area contributed by atoms with Gasteiger partial charge in [0.2, 0.25) is 0 Å². The SMILES string of the molecule is CCN(CC)c1cccc(/C=C/c2ccc(-c3ccc(N(c4ccc(-c5ccc(/C=C/c6cccc(N(CC)CC)c6)cc5)cc4)c4ccc(-c5ccc(/C=C/c6cccc(N(CC)CC)c6)cc5)cc4)cc3)cc2)c1. The van der Waals surface area contributed by atoms with Gasteiger partial charge in [-0.2, -0.15) is 0 Å². The molecule has 0 atom stereocenters. The van der Waals surface area contributed by atoms with Gasteiger partial charge in [-0.25, -0.2) is 0 Å². The van der Waals surface area contributed by atoms with Gasteiger partial charge in [0.05, 0.1) is 0 Å². The molecule has 0 bridgehead atoms. The summed E-state index contributed by atoms with van der Waals surface area (Å²) in [7, 11) is 0. The first kappa shape index (κ1) is 52.3. The molecular weight excluding hydrogens is 921 g/mol. The number of benzene rings is 9. The molecule has 0 saturated carbocycles. The number of hydrogen-bond donors (Lipinski definition) is 0. The van der Waals surface area contributed by atoms with Crippen LogP contribution in [-0.4, -0.2) is 39.3 Å². The third kappa shape index (κ3) is 13.0. The molecule has 0 radical (unpaired) electrons. The Hall–Kier alpha value is -8.60. The number of nitrogens with zero attached hydrogens (tertiary/aromatic N) is 4. The summed E-state index contributed by atoms with van der Waals surface area (Å²) in [6.45, 7) is 19.2. The van der Waals surface area contributed by atoms with E-state index in [1.54, 1.807) is 0 Å². The third-order valence-electron chi connectivity index (χ3n) is 14.5. The van der Waals surface area contributed by atoms with Crippen LogP contribution in [0.25, 0.3) is 69.8 Å². The Morgan fingerprint density at radius 1 is 0.224 bits per heavy atom. The minimum Gasteiger partial charge on any atom is -0.372 e. The third-order valence-corrected chi connectivity index (χ3v) is 14.5. The van der Waals surface area contributed by atoms with Crippen LogP contribution in [0.4, 0.5) is 34.1 Å². The van der Waals surface area contributed by atoms with E-state index in [-0.39, 0.29) is 0 Å². The molecule has 0 N–H and O–H groups in total. The first-order chi connectivity index (χ1) is 37.3. The Morgan fingerprint density at radius 2 is 0.434 bits per heavy atom. The Balaban J connectivity index is 0.943. The van der Waals surface area contributed by atoms with Gasteiger partial charge in [-0.05, 0) is 181 Å². The molecular formula is C72H72N4. The van der Waals surface area contributed by atoms with Crippen LogP contribution >= 0.6 is 0 Å². The Bertz CT molecular complexity index is 2970. The number of hydrogen-bond acceptors (Lipinski definition) is 4. The van der Waals surface area contributed by atoms with Crippen molar-refractivity contribution in [2.75, 3.05) is 58.9 Å². The maximum Gasteiger partial charge on any atom is 0.0462 e. The van der Waals surface area contributed by atoms with E-state index < -0.39 is 0 Å². The molecule has 0 fully saturated rings. The van der Waals surface area contributed by atoms with Crippen molar-refractivity contribution in [1.29, 1.82) is 0 Å². The van der Waals surface area contributed by atoms with E-state index in [0.29, 0.717) is 0 Å². The van der Waals surface area contributed by atoms with Crippen LogP contribution in [0.1, 0.15) is 74.9 Å². The molecule has 9 aromatic rings. The monoisotopic (exact) mass is 993 g/mol. The Labute approximate surface area is 453 Å². The molecule has 0 aromatic heterocycles. The maximum absolute atomic E-state index is 2.38. The van der Waals surface area contributed by atoms with Gasteiger partial charge in [0.25, 0.3) is 0 Å². The van der Waals surface area contributed by atoms with E-state index in [1.807, 2.05) is 0 Å². The van der Waals surface area contributed by atoms with Gasteiger partial charge in [0.15, 0.2) is 0 Å². The lowest BCUT2D eigenvalue weighted by Gasteiger charge is -2.26. The summed E-state index contributed by atoms with van der Waals surface area (Å²) >= 11 is 0. The minimum atomic E-state index is 0.997. The first-order valence-electron chi connectivity index (χ1n) is 27.4. The molecule has 0 aliphatic carbocycles. The average Bonchev–Trinajstić information content (AvgIpc) is 3.48. The highest BCUT2D eigenvalue weighted by molar-refractivity contribution is 5.83. The van der Waals surface area contributed by atoms with Crippen LogP contribution in [0.2, 0.25) is 0 Å². The quantitative estimate of drug-likeness (QED) is 0.0665. The van der Waals surface area contributed by atoms with E-state index in [1.165, 1.54) is 83.8 Å². The number of anilines is 6. The second-order valence-corrected chi connectivity index (χ2v) is 19.1. The summed E-state index contributed by atoms with van der Waals surface area (Å²) in [5.74, 6) is 0. The van der Waals surface area contributed by atoms with Crippen LogP contribution in [0.3, 0.4) is 0 Å². The molecule has 4 heteroatoms. The molecule has 0 aliphatic rings. The van der Waals surface area contributed by atoms with E-state index in [4.69, 9.17) is 0 Å². The van der Waals surface area contributed by atoms with E-state index in [9.17, 15) is 0 Å². The molecule has 0 heterocycles. The van der Waals surface area contributed by atoms with Crippen LogP contribution in [0.15, 0.2) is 218 Å². The van der Waals surface area contributed by atoms with Crippen LogP contribution in [0.5, 0.6) is 0 Å². The summed E-state index contributed by atoms with van der Waals surface area (Å²) in [5.41, 5.74) is 21.3. The molecule has 0 amide bonds.